The SMILES string of the molecule is CC(C)n1ncc(C(=O)N2CCC(CO)C2)c1C1CC1. The first-order valence-corrected chi connectivity index (χ1v) is 7.59. The second-order valence-corrected chi connectivity index (χ2v) is 6.34. The van der Waals surface area contributed by atoms with Crippen LogP contribution < -0.4 is 0 Å². The zero-order chi connectivity index (χ0) is 14.3. The predicted octanol–water partition coefficient (Wildman–Crippen LogP) is 1.80. The van der Waals surface area contributed by atoms with Gasteiger partial charge in [-0.1, -0.05) is 0 Å². The van der Waals surface area contributed by atoms with E-state index in [1.165, 1.54) is 0 Å². The number of rotatable bonds is 4. The lowest BCUT2D eigenvalue weighted by Gasteiger charge is -2.17. The Hall–Kier alpha value is -1.36. The van der Waals surface area contributed by atoms with E-state index in [4.69, 9.17) is 0 Å². The van der Waals surface area contributed by atoms with E-state index in [9.17, 15) is 9.90 Å². The molecule has 1 saturated carbocycles. The van der Waals surface area contributed by atoms with Crippen molar-refractivity contribution >= 4 is 5.91 Å². The number of aliphatic hydroxyl groups excluding tert-OH is 1. The number of likely N-dealkylation sites (tertiary alicyclic amines) is 1. The molecule has 0 radical (unpaired) electrons. The van der Waals surface area contributed by atoms with Gasteiger partial charge in [-0.25, -0.2) is 0 Å². The van der Waals surface area contributed by atoms with Crippen LogP contribution in [0.5, 0.6) is 0 Å². The second kappa shape index (κ2) is 5.20. The molecule has 0 bridgehead atoms. The molecule has 5 nitrogen and oxygen atoms in total. The lowest BCUT2D eigenvalue weighted by Crippen LogP contribution is -2.29. The van der Waals surface area contributed by atoms with Crippen molar-refractivity contribution in [2.75, 3.05) is 19.7 Å². The highest BCUT2D eigenvalue weighted by Gasteiger charge is 2.35. The third-order valence-electron chi connectivity index (χ3n) is 4.35. The van der Waals surface area contributed by atoms with E-state index < -0.39 is 0 Å². The van der Waals surface area contributed by atoms with Gasteiger partial charge >= 0.3 is 0 Å². The minimum absolute atomic E-state index is 0.0924. The van der Waals surface area contributed by atoms with Crippen molar-refractivity contribution in [1.82, 2.24) is 14.7 Å². The molecule has 1 unspecified atom stereocenters. The van der Waals surface area contributed by atoms with Gasteiger partial charge in [-0.2, -0.15) is 5.10 Å². The predicted molar refractivity (Wildman–Crippen MR) is 75.7 cm³/mol. The van der Waals surface area contributed by atoms with Crippen LogP contribution in [0.1, 0.15) is 61.1 Å². The maximum atomic E-state index is 12.7. The molecule has 1 atom stereocenters. The van der Waals surface area contributed by atoms with Crippen LogP contribution in [0.3, 0.4) is 0 Å². The summed E-state index contributed by atoms with van der Waals surface area (Å²) in [5, 5.41) is 13.6. The van der Waals surface area contributed by atoms with Crippen molar-refractivity contribution in [2.45, 2.75) is 45.1 Å². The van der Waals surface area contributed by atoms with E-state index in [1.807, 2.05) is 9.58 Å². The number of aromatic nitrogens is 2. The molecule has 1 aromatic heterocycles. The number of carbonyl (C=O) groups excluding carboxylic acids is 1. The molecule has 1 amide bonds. The van der Waals surface area contributed by atoms with Crippen LogP contribution >= 0.6 is 0 Å². The molecule has 0 spiro atoms. The number of amides is 1. The molecule has 0 aromatic carbocycles. The standard InChI is InChI=1S/C15H23N3O2/c1-10(2)18-14(12-3-4-12)13(7-16-18)15(20)17-6-5-11(8-17)9-19/h7,10-12,19H,3-6,8-9H2,1-2H3. The van der Waals surface area contributed by atoms with Gasteiger partial charge in [0.1, 0.15) is 0 Å². The van der Waals surface area contributed by atoms with Gasteiger partial charge in [0.05, 0.1) is 17.5 Å². The van der Waals surface area contributed by atoms with E-state index in [1.54, 1.807) is 6.20 Å². The van der Waals surface area contributed by atoms with Gasteiger partial charge in [0.25, 0.3) is 5.91 Å². The minimum Gasteiger partial charge on any atom is -0.396 e. The fourth-order valence-electron chi connectivity index (χ4n) is 3.05. The lowest BCUT2D eigenvalue weighted by atomic mass is 10.1. The Balaban J connectivity index is 1.85. The van der Waals surface area contributed by atoms with Gasteiger partial charge in [0.15, 0.2) is 0 Å². The molecule has 1 aliphatic carbocycles. The van der Waals surface area contributed by atoms with Crippen molar-refractivity contribution in [3.8, 4) is 0 Å². The second-order valence-electron chi connectivity index (χ2n) is 6.34. The van der Waals surface area contributed by atoms with Crippen molar-refractivity contribution in [3.63, 3.8) is 0 Å². The first kappa shape index (κ1) is 13.6. The van der Waals surface area contributed by atoms with Gasteiger partial charge in [0, 0.05) is 37.6 Å². The average molecular weight is 277 g/mol. The monoisotopic (exact) mass is 277 g/mol. The summed E-state index contributed by atoms with van der Waals surface area (Å²) in [6.07, 6.45) is 4.97. The molecule has 1 aromatic rings. The number of hydrogen-bond donors (Lipinski definition) is 1. The fourth-order valence-corrected chi connectivity index (χ4v) is 3.05. The molecule has 2 heterocycles. The van der Waals surface area contributed by atoms with Gasteiger partial charge in [-0.05, 0) is 33.1 Å². The minimum atomic E-state index is 0.0924. The summed E-state index contributed by atoms with van der Waals surface area (Å²) in [6, 6.07) is 0.288. The van der Waals surface area contributed by atoms with E-state index in [2.05, 4.69) is 18.9 Å². The summed E-state index contributed by atoms with van der Waals surface area (Å²) in [5.41, 5.74) is 1.90. The molecule has 1 saturated heterocycles. The largest absolute Gasteiger partial charge is 0.396 e. The van der Waals surface area contributed by atoms with Crippen LogP contribution in [-0.4, -0.2) is 45.4 Å². The first-order valence-electron chi connectivity index (χ1n) is 7.59. The average Bonchev–Trinajstić information content (AvgIpc) is 3.01. The normalized spacial score (nSPS) is 22.8. The van der Waals surface area contributed by atoms with Crippen LogP contribution in [0.15, 0.2) is 6.20 Å². The summed E-state index contributed by atoms with van der Waals surface area (Å²) in [5.74, 6) is 0.841. The molecular weight excluding hydrogens is 254 g/mol. The third kappa shape index (κ3) is 2.35. The number of aliphatic hydroxyl groups is 1. The number of carbonyl (C=O) groups is 1. The Morgan fingerprint density at radius 1 is 1.45 bits per heavy atom. The Labute approximate surface area is 119 Å². The maximum Gasteiger partial charge on any atom is 0.257 e. The molecule has 20 heavy (non-hydrogen) atoms. The quantitative estimate of drug-likeness (QED) is 0.913. The molecule has 110 valence electrons. The molecule has 2 fully saturated rings. The highest BCUT2D eigenvalue weighted by Crippen LogP contribution is 2.42. The highest BCUT2D eigenvalue weighted by atomic mass is 16.3. The Bertz CT molecular complexity index is 505. The number of nitrogens with zero attached hydrogens (tertiary/aromatic N) is 3. The maximum absolute atomic E-state index is 12.7. The van der Waals surface area contributed by atoms with Crippen molar-refractivity contribution in [3.05, 3.63) is 17.5 Å². The Morgan fingerprint density at radius 2 is 2.20 bits per heavy atom. The van der Waals surface area contributed by atoms with Gasteiger partial charge in [0.2, 0.25) is 0 Å². The van der Waals surface area contributed by atoms with Gasteiger partial charge in [-0.15, -0.1) is 0 Å². The van der Waals surface area contributed by atoms with Gasteiger partial charge in [-0.3, -0.25) is 9.48 Å². The summed E-state index contributed by atoms with van der Waals surface area (Å²) in [6.45, 7) is 5.80. The topological polar surface area (TPSA) is 58.4 Å². The Morgan fingerprint density at radius 3 is 2.75 bits per heavy atom. The first-order chi connectivity index (χ1) is 9.61. The molecule has 1 aliphatic heterocycles. The van der Waals surface area contributed by atoms with E-state index >= 15 is 0 Å². The fraction of sp³-hybridized carbons (Fsp3) is 0.733. The zero-order valence-corrected chi connectivity index (χ0v) is 12.2. The molecule has 1 N–H and O–H groups in total. The summed E-state index contributed by atoms with van der Waals surface area (Å²) in [7, 11) is 0. The van der Waals surface area contributed by atoms with Crippen LogP contribution in [-0.2, 0) is 0 Å². The highest BCUT2D eigenvalue weighted by molar-refractivity contribution is 5.95. The van der Waals surface area contributed by atoms with E-state index in [-0.39, 0.29) is 24.5 Å². The molecular formula is C15H23N3O2. The number of hydrogen-bond acceptors (Lipinski definition) is 3. The molecule has 5 heteroatoms. The molecule has 3 rings (SSSR count). The van der Waals surface area contributed by atoms with Crippen molar-refractivity contribution < 1.29 is 9.90 Å². The van der Waals surface area contributed by atoms with Crippen LogP contribution in [0, 0.1) is 5.92 Å². The van der Waals surface area contributed by atoms with E-state index in [0.717, 1.165) is 37.1 Å². The van der Waals surface area contributed by atoms with Crippen LogP contribution in [0.2, 0.25) is 0 Å². The van der Waals surface area contributed by atoms with Crippen LogP contribution in [0.25, 0.3) is 0 Å². The zero-order valence-electron chi connectivity index (χ0n) is 12.2. The Kier molecular flexibility index (Phi) is 3.54. The van der Waals surface area contributed by atoms with Gasteiger partial charge < -0.3 is 10.0 Å². The summed E-state index contributed by atoms with van der Waals surface area (Å²) >= 11 is 0. The molecule has 2 aliphatic rings. The van der Waals surface area contributed by atoms with Crippen molar-refractivity contribution in [1.29, 1.82) is 0 Å². The summed E-state index contributed by atoms with van der Waals surface area (Å²) < 4.78 is 2.00. The van der Waals surface area contributed by atoms with E-state index in [0.29, 0.717) is 12.5 Å². The smallest absolute Gasteiger partial charge is 0.257 e. The third-order valence-corrected chi connectivity index (χ3v) is 4.35. The summed E-state index contributed by atoms with van der Waals surface area (Å²) in [4.78, 5) is 14.6. The van der Waals surface area contributed by atoms with Crippen LogP contribution in [0.4, 0.5) is 0 Å². The lowest BCUT2D eigenvalue weighted by molar-refractivity contribution is 0.0780. The van der Waals surface area contributed by atoms with Crippen molar-refractivity contribution in [2.24, 2.45) is 5.92 Å².